The Balaban J connectivity index is 2.47. The lowest BCUT2D eigenvalue weighted by atomic mass is 10.2. The molecule has 0 unspecified atom stereocenters. The number of carbonyl (C=O) groups excluding carboxylic acids is 1. The molecule has 0 bridgehead atoms. The van der Waals surface area contributed by atoms with E-state index >= 15 is 0 Å². The van der Waals surface area contributed by atoms with Crippen LogP contribution in [0.3, 0.4) is 0 Å². The normalized spacial score (nSPS) is 9.76. The lowest BCUT2D eigenvalue weighted by Crippen LogP contribution is -2.38. The Morgan fingerprint density at radius 3 is 2.71 bits per heavy atom. The van der Waals surface area contributed by atoms with Crippen molar-refractivity contribution in [2.24, 2.45) is 0 Å². The van der Waals surface area contributed by atoms with Gasteiger partial charge >= 0.3 is 12.0 Å². The van der Waals surface area contributed by atoms with E-state index in [1.807, 2.05) is 0 Å². The van der Waals surface area contributed by atoms with Crippen LogP contribution < -0.4 is 10.6 Å². The summed E-state index contributed by atoms with van der Waals surface area (Å²) in [6, 6.07) is 3.57. The highest BCUT2D eigenvalue weighted by molar-refractivity contribution is 6.31. The number of carbonyl (C=O) groups is 2. The lowest BCUT2D eigenvalue weighted by molar-refractivity contribution is -0.135. The molecule has 0 spiro atoms. The quantitative estimate of drug-likeness (QED) is 0.765. The number of amides is 2. The molecule has 0 radical (unpaired) electrons. The Hall–Kier alpha value is -1.82. The molecule has 17 heavy (non-hydrogen) atoms. The van der Waals surface area contributed by atoms with Crippen LogP contribution in [-0.4, -0.2) is 23.7 Å². The SMILES string of the molecule is O=C(O)CNC(=O)NCc1cccc(F)c1Cl. The van der Waals surface area contributed by atoms with Crippen molar-refractivity contribution >= 4 is 23.6 Å². The van der Waals surface area contributed by atoms with E-state index in [-0.39, 0.29) is 11.6 Å². The van der Waals surface area contributed by atoms with Crippen LogP contribution in [0.1, 0.15) is 5.56 Å². The third kappa shape index (κ3) is 4.28. The first kappa shape index (κ1) is 13.2. The van der Waals surface area contributed by atoms with Crippen molar-refractivity contribution in [2.45, 2.75) is 6.54 Å². The van der Waals surface area contributed by atoms with Gasteiger partial charge in [0.1, 0.15) is 12.4 Å². The number of benzene rings is 1. The molecule has 0 fully saturated rings. The highest BCUT2D eigenvalue weighted by Gasteiger charge is 2.07. The molecule has 0 aliphatic carbocycles. The second kappa shape index (κ2) is 6.05. The lowest BCUT2D eigenvalue weighted by Gasteiger charge is -2.07. The van der Waals surface area contributed by atoms with Crippen LogP contribution in [0.25, 0.3) is 0 Å². The van der Waals surface area contributed by atoms with Crippen molar-refractivity contribution < 1.29 is 19.1 Å². The first-order valence-corrected chi connectivity index (χ1v) is 5.05. The van der Waals surface area contributed by atoms with Gasteiger partial charge in [-0.3, -0.25) is 4.79 Å². The fraction of sp³-hybridized carbons (Fsp3) is 0.200. The Labute approximate surface area is 102 Å². The van der Waals surface area contributed by atoms with Crippen LogP contribution in [0, 0.1) is 5.82 Å². The molecule has 3 N–H and O–H groups in total. The molecule has 92 valence electrons. The zero-order chi connectivity index (χ0) is 12.8. The monoisotopic (exact) mass is 260 g/mol. The molecule has 0 saturated carbocycles. The van der Waals surface area contributed by atoms with Gasteiger partial charge in [-0.1, -0.05) is 23.7 Å². The van der Waals surface area contributed by atoms with Gasteiger partial charge in [0.15, 0.2) is 0 Å². The minimum atomic E-state index is -1.15. The smallest absolute Gasteiger partial charge is 0.323 e. The third-order valence-corrected chi connectivity index (χ3v) is 2.29. The van der Waals surface area contributed by atoms with Crippen molar-refractivity contribution in [1.29, 1.82) is 0 Å². The summed E-state index contributed by atoms with van der Waals surface area (Å²) >= 11 is 5.66. The van der Waals surface area contributed by atoms with E-state index in [1.165, 1.54) is 12.1 Å². The van der Waals surface area contributed by atoms with Gasteiger partial charge in [-0.05, 0) is 11.6 Å². The van der Waals surface area contributed by atoms with Gasteiger partial charge in [-0.2, -0.15) is 0 Å². The molecule has 2 amide bonds. The molecular formula is C10H10ClFN2O3. The molecule has 1 aromatic carbocycles. The van der Waals surface area contributed by atoms with Crippen molar-refractivity contribution in [3.05, 3.63) is 34.6 Å². The molecule has 1 aromatic rings. The molecule has 0 aliphatic rings. The van der Waals surface area contributed by atoms with Gasteiger partial charge in [-0.25, -0.2) is 9.18 Å². The molecule has 1 rings (SSSR count). The topological polar surface area (TPSA) is 78.4 Å². The Morgan fingerprint density at radius 1 is 1.35 bits per heavy atom. The van der Waals surface area contributed by atoms with E-state index in [9.17, 15) is 14.0 Å². The number of halogens is 2. The molecule has 0 atom stereocenters. The second-order valence-corrected chi connectivity index (χ2v) is 3.52. The van der Waals surface area contributed by atoms with Crippen LogP contribution in [0.15, 0.2) is 18.2 Å². The highest BCUT2D eigenvalue weighted by atomic mass is 35.5. The van der Waals surface area contributed by atoms with Gasteiger partial charge in [0.05, 0.1) is 5.02 Å². The predicted molar refractivity (Wildman–Crippen MR) is 59.3 cm³/mol. The maximum atomic E-state index is 13.0. The number of carboxylic acids is 1. The average Bonchev–Trinajstić information content (AvgIpc) is 2.28. The van der Waals surface area contributed by atoms with Gasteiger partial charge < -0.3 is 15.7 Å². The molecule has 5 nitrogen and oxygen atoms in total. The minimum absolute atomic E-state index is 0.0159. The van der Waals surface area contributed by atoms with Crippen molar-refractivity contribution in [3.8, 4) is 0 Å². The molecule has 7 heteroatoms. The van der Waals surface area contributed by atoms with Gasteiger partial charge in [0.2, 0.25) is 0 Å². The van der Waals surface area contributed by atoms with E-state index in [0.29, 0.717) is 5.56 Å². The van der Waals surface area contributed by atoms with Crippen LogP contribution in [-0.2, 0) is 11.3 Å². The number of nitrogens with one attached hydrogen (secondary N) is 2. The number of aliphatic carboxylic acids is 1. The van der Waals surface area contributed by atoms with Crippen molar-refractivity contribution in [3.63, 3.8) is 0 Å². The number of rotatable bonds is 4. The first-order valence-electron chi connectivity index (χ1n) is 4.67. The van der Waals surface area contributed by atoms with E-state index in [1.54, 1.807) is 6.07 Å². The first-order chi connectivity index (χ1) is 8.00. The fourth-order valence-electron chi connectivity index (χ4n) is 1.08. The number of hydrogen-bond donors (Lipinski definition) is 3. The molecule has 0 heterocycles. The predicted octanol–water partition coefficient (Wildman–Crippen LogP) is 1.36. The van der Waals surface area contributed by atoms with Gasteiger partial charge in [-0.15, -0.1) is 0 Å². The van der Waals surface area contributed by atoms with E-state index in [2.05, 4.69) is 10.6 Å². The van der Waals surface area contributed by atoms with E-state index < -0.39 is 24.4 Å². The van der Waals surface area contributed by atoms with Crippen molar-refractivity contribution in [2.75, 3.05) is 6.54 Å². The second-order valence-electron chi connectivity index (χ2n) is 3.14. The zero-order valence-electron chi connectivity index (χ0n) is 8.67. The summed E-state index contributed by atoms with van der Waals surface area (Å²) in [5.74, 6) is -1.72. The van der Waals surface area contributed by atoms with Gasteiger partial charge in [0.25, 0.3) is 0 Å². The number of hydrogen-bond acceptors (Lipinski definition) is 2. The third-order valence-electron chi connectivity index (χ3n) is 1.87. The molecular weight excluding hydrogens is 251 g/mol. The van der Waals surface area contributed by atoms with E-state index in [4.69, 9.17) is 16.7 Å². The fourth-order valence-corrected chi connectivity index (χ4v) is 1.27. The van der Waals surface area contributed by atoms with Crippen LogP contribution in [0.5, 0.6) is 0 Å². The number of urea groups is 1. The van der Waals surface area contributed by atoms with Crippen LogP contribution in [0.2, 0.25) is 5.02 Å². The summed E-state index contributed by atoms with van der Waals surface area (Å²) in [4.78, 5) is 21.3. The van der Waals surface area contributed by atoms with E-state index in [0.717, 1.165) is 0 Å². The summed E-state index contributed by atoms with van der Waals surface area (Å²) in [5.41, 5.74) is 0.414. The summed E-state index contributed by atoms with van der Waals surface area (Å²) in [7, 11) is 0. The van der Waals surface area contributed by atoms with Crippen LogP contribution >= 0.6 is 11.6 Å². The number of carboxylic acid groups (broad SMARTS) is 1. The zero-order valence-corrected chi connectivity index (χ0v) is 9.42. The Kier molecular flexibility index (Phi) is 4.71. The minimum Gasteiger partial charge on any atom is -0.480 e. The maximum absolute atomic E-state index is 13.0. The molecule has 0 aromatic heterocycles. The highest BCUT2D eigenvalue weighted by Crippen LogP contribution is 2.19. The molecule has 0 aliphatic heterocycles. The molecule has 0 saturated heterocycles. The summed E-state index contributed by atoms with van der Waals surface area (Å²) in [6.45, 7) is -0.467. The summed E-state index contributed by atoms with van der Waals surface area (Å²) < 4.78 is 13.0. The maximum Gasteiger partial charge on any atom is 0.323 e. The van der Waals surface area contributed by atoms with Crippen LogP contribution in [0.4, 0.5) is 9.18 Å². The Morgan fingerprint density at radius 2 is 2.06 bits per heavy atom. The average molecular weight is 261 g/mol. The van der Waals surface area contributed by atoms with Gasteiger partial charge in [0, 0.05) is 6.54 Å². The Bertz CT molecular complexity index is 440. The summed E-state index contributed by atoms with van der Waals surface area (Å²) in [5, 5.41) is 12.7. The summed E-state index contributed by atoms with van der Waals surface area (Å²) in [6.07, 6.45) is 0. The largest absolute Gasteiger partial charge is 0.480 e. The standard InChI is InChI=1S/C10H10ClFN2O3/c11-9-6(2-1-3-7(9)12)4-13-10(17)14-5-8(15)16/h1-3H,4-5H2,(H,15,16)(H2,13,14,17). The van der Waals surface area contributed by atoms with Crippen molar-refractivity contribution in [1.82, 2.24) is 10.6 Å².